The minimum absolute atomic E-state index is 0.418. The number of nitrogens with one attached hydrogen (secondary N) is 2. The minimum atomic E-state index is 0.418. The lowest BCUT2D eigenvalue weighted by molar-refractivity contribution is 0.343. The third-order valence-corrected chi connectivity index (χ3v) is 6.42. The van der Waals surface area contributed by atoms with Crippen LogP contribution in [0.2, 0.25) is 10.0 Å². The van der Waals surface area contributed by atoms with Gasteiger partial charge in [0.15, 0.2) is 0 Å². The standard InChI is InChI=1S/C24H20Cl2N6/c25-17-1-2-20(23(26)10-17)19(3-6-27)22-13-30-24-21(22)9-15(11-29-24)16-12-31-32(14-16)18-4-7-28-8-5-18/h1-3,9-14,18,28H,4-5,7-8H2,(H,29,30)/b19-3+. The van der Waals surface area contributed by atoms with Crippen molar-refractivity contribution in [3.63, 3.8) is 0 Å². The van der Waals surface area contributed by atoms with Gasteiger partial charge in [-0.25, -0.2) is 4.98 Å². The van der Waals surface area contributed by atoms with E-state index in [1.54, 1.807) is 12.1 Å². The molecule has 5 rings (SSSR count). The molecule has 0 radical (unpaired) electrons. The maximum atomic E-state index is 9.44. The summed E-state index contributed by atoms with van der Waals surface area (Å²) in [4.78, 5) is 7.81. The summed E-state index contributed by atoms with van der Waals surface area (Å²) in [5.41, 5.74) is 5.03. The molecular weight excluding hydrogens is 443 g/mol. The van der Waals surface area contributed by atoms with E-state index >= 15 is 0 Å². The molecule has 1 aromatic carbocycles. The highest BCUT2D eigenvalue weighted by atomic mass is 35.5. The smallest absolute Gasteiger partial charge is 0.137 e. The molecule has 8 heteroatoms. The zero-order valence-electron chi connectivity index (χ0n) is 17.1. The fourth-order valence-corrected chi connectivity index (χ4v) is 4.73. The van der Waals surface area contributed by atoms with Gasteiger partial charge in [0.25, 0.3) is 0 Å². The van der Waals surface area contributed by atoms with Crippen molar-refractivity contribution < 1.29 is 0 Å². The van der Waals surface area contributed by atoms with Crippen LogP contribution in [0, 0.1) is 11.3 Å². The summed E-state index contributed by atoms with van der Waals surface area (Å²) in [6.07, 6.45) is 11.3. The van der Waals surface area contributed by atoms with Crippen LogP contribution in [-0.2, 0) is 0 Å². The highest BCUT2D eigenvalue weighted by Gasteiger charge is 2.18. The highest BCUT2D eigenvalue weighted by molar-refractivity contribution is 6.36. The predicted octanol–water partition coefficient (Wildman–Crippen LogP) is 5.61. The topological polar surface area (TPSA) is 82.3 Å². The molecule has 4 aromatic rings. The number of hydrogen-bond acceptors (Lipinski definition) is 4. The lowest BCUT2D eigenvalue weighted by Gasteiger charge is -2.22. The number of H-pyrrole nitrogens is 1. The Kier molecular flexibility index (Phi) is 5.71. The summed E-state index contributed by atoms with van der Waals surface area (Å²) < 4.78 is 2.06. The molecule has 3 aromatic heterocycles. The first-order chi connectivity index (χ1) is 15.6. The van der Waals surface area contributed by atoms with Crippen molar-refractivity contribution in [3.05, 3.63) is 76.3 Å². The Morgan fingerprint density at radius 2 is 1.97 bits per heavy atom. The van der Waals surface area contributed by atoms with Crippen LogP contribution < -0.4 is 5.32 Å². The fraction of sp³-hybridized carbons (Fsp3) is 0.208. The van der Waals surface area contributed by atoms with E-state index in [1.165, 1.54) is 6.08 Å². The number of hydrogen-bond donors (Lipinski definition) is 2. The van der Waals surface area contributed by atoms with E-state index in [1.807, 2.05) is 24.7 Å². The molecule has 0 amide bonds. The third kappa shape index (κ3) is 3.91. The Labute approximate surface area is 195 Å². The molecule has 0 aliphatic carbocycles. The molecule has 32 heavy (non-hydrogen) atoms. The van der Waals surface area contributed by atoms with Crippen molar-refractivity contribution in [2.75, 3.05) is 13.1 Å². The molecule has 1 saturated heterocycles. The van der Waals surface area contributed by atoms with E-state index in [2.05, 4.69) is 43.4 Å². The largest absolute Gasteiger partial charge is 0.346 e. The molecule has 160 valence electrons. The van der Waals surface area contributed by atoms with E-state index in [4.69, 9.17) is 23.2 Å². The second kappa shape index (κ2) is 8.79. The molecule has 1 aliphatic rings. The molecule has 4 heterocycles. The number of halogens is 2. The van der Waals surface area contributed by atoms with Gasteiger partial charge in [0.05, 0.1) is 18.3 Å². The summed E-state index contributed by atoms with van der Waals surface area (Å²) in [7, 11) is 0. The van der Waals surface area contributed by atoms with Gasteiger partial charge in [-0.15, -0.1) is 0 Å². The number of rotatable bonds is 4. The van der Waals surface area contributed by atoms with Crippen molar-refractivity contribution in [1.29, 1.82) is 5.26 Å². The lowest BCUT2D eigenvalue weighted by atomic mass is 9.97. The van der Waals surface area contributed by atoms with Crippen molar-refractivity contribution in [2.45, 2.75) is 18.9 Å². The summed E-state index contributed by atoms with van der Waals surface area (Å²) >= 11 is 12.5. The van der Waals surface area contributed by atoms with Crippen molar-refractivity contribution in [3.8, 4) is 17.2 Å². The van der Waals surface area contributed by atoms with E-state index in [0.717, 1.165) is 59.2 Å². The minimum Gasteiger partial charge on any atom is -0.346 e. The van der Waals surface area contributed by atoms with E-state index in [-0.39, 0.29) is 0 Å². The molecule has 6 nitrogen and oxygen atoms in total. The number of aromatic nitrogens is 4. The van der Waals surface area contributed by atoms with Gasteiger partial charge >= 0.3 is 0 Å². The lowest BCUT2D eigenvalue weighted by Crippen LogP contribution is -2.29. The number of aromatic amines is 1. The molecule has 0 bridgehead atoms. The van der Waals surface area contributed by atoms with Crippen molar-refractivity contribution >= 4 is 39.8 Å². The molecule has 0 unspecified atom stereocenters. The molecule has 0 atom stereocenters. The number of pyridine rings is 1. The molecule has 1 fully saturated rings. The normalized spacial score (nSPS) is 15.2. The monoisotopic (exact) mass is 462 g/mol. The Morgan fingerprint density at radius 1 is 1.12 bits per heavy atom. The highest BCUT2D eigenvalue weighted by Crippen LogP contribution is 2.36. The Morgan fingerprint density at radius 3 is 2.75 bits per heavy atom. The number of allylic oxidation sites excluding steroid dienone is 1. The van der Waals surface area contributed by atoms with Gasteiger partial charge in [0.2, 0.25) is 0 Å². The van der Waals surface area contributed by atoms with Crippen LogP contribution in [0.1, 0.15) is 30.0 Å². The summed E-state index contributed by atoms with van der Waals surface area (Å²) in [6.45, 7) is 2.03. The maximum Gasteiger partial charge on any atom is 0.137 e. The second-order valence-electron chi connectivity index (χ2n) is 7.82. The van der Waals surface area contributed by atoms with Crippen LogP contribution in [0.25, 0.3) is 27.7 Å². The first-order valence-electron chi connectivity index (χ1n) is 10.4. The maximum absolute atomic E-state index is 9.44. The average Bonchev–Trinajstić information content (AvgIpc) is 3.46. The summed E-state index contributed by atoms with van der Waals surface area (Å²) in [5, 5.41) is 19.4. The SMILES string of the molecule is N#C/C=C(\c1ccc(Cl)cc1Cl)c1c[nH]c2ncc(-c3cnn(C4CCNCC4)c3)cc12. The predicted molar refractivity (Wildman–Crippen MR) is 128 cm³/mol. The Bertz CT molecular complexity index is 1350. The molecular formula is C24H20Cl2N6. The Balaban J connectivity index is 1.56. The number of nitriles is 1. The van der Waals surface area contributed by atoms with Gasteiger partial charge in [-0.2, -0.15) is 10.4 Å². The quantitative estimate of drug-likeness (QED) is 0.386. The van der Waals surface area contributed by atoms with E-state index in [9.17, 15) is 5.26 Å². The summed E-state index contributed by atoms with van der Waals surface area (Å²) in [5.74, 6) is 0. The number of benzene rings is 1. The van der Waals surface area contributed by atoms with E-state index < -0.39 is 0 Å². The number of piperidine rings is 1. The summed E-state index contributed by atoms with van der Waals surface area (Å²) in [6, 6.07) is 9.91. The van der Waals surface area contributed by atoms with Gasteiger partial charge in [0, 0.05) is 67.9 Å². The van der Waals surface area contributed by atoms with Gasteiger partial charge < -0.3 is 10.3 Å². The first kappa shape index (κ1) is 20.8. The second-order valence-corrected chi connectivity index (χ2v) is 8.67. The van der Waals surface area contributed by atoms with Crippen LogP contribution in [0.3, 0.4) is 0 Å². The van der Waals surface area contributed by atoms with E-state index in [0.29, 0.717) is 21.7 Å². The Hall–Kier alpha value is -3.11. The first-order valence-corrected chi connectivity index (χ1v) is 11.2. The third-order valence-electron chi connectivity index (χ3n) is 5.87. The van der Waals surface area contributed by atoms with Crippen molar-refractivity contribution in [1.82, 2.24) is 25.1 Å². The van der Waals surface area contributed by atoms with Gasteiger partial charge in [0.1, 0.15) is 5.65 Å². The zero-order valence-corrected chi connectivity index (χ0v) is 18.7. The van der Waals surface area contributed by atoms with Crippen LogP contribution in [0.15, 0.2) is 55.1 Å². The van der Waals surface area contributed by atoms with Gasteiger partial charge in [-0.1, -0.05) is 29.3 Å². The van der Waals surface area contributed by atoms with Gasteiger partial charge in [-0.3, -0.25) is 4.68 Å². The van der Waals surface area contributed by atoms with Crippen LogP contribution in [0.4, 0.5) is 0 Å². The van der Waals surface area contributed by atoms with Crippen LogP contribution in [0.5, 0.6) is 0 Å². The number of nitrogens with zero attached hydrogens (tertiary/aromatic N) is 4. The number of fused-ring (bicyclic) bond motifs is 1. The fourth-order valence-electron chi connectivity index (χ4n) is 4.22. The molecule has 0 saturated carbocycles. The van der Waals surface area contributed by atoms with Crippen LogP contribution in [-0.4, -0.2) is 32.8 Å². The average molecular weight is 463 g/mol. The molecule has 2 N–H and O–H groups in total. The molecule has 0 spiro atoms. The van der Waals surface area contributed by atoms with Crippen molar-refractivity contribution in [2.24, 2.45) is 0 Å². The molecule has 1 aliphatic heterocycles. The zero-order chi connectivity index (χ0) is 22.1. The van der Waals surface area contributed by atoms with Gasteiger partial charge in [-0.05, 0) is 44.1 Å². The van der Waals surface area contributed by atoms with Crippen LogP contribution >= 0.6 is 23.2 Å².